The van der Waals surface area contributed by atoms with E-state index in [2.05, 4.69) is 51.8 Å². The van der Waals surface area contributed by atoms with Crippen molar-refractivity contribution in [3.63, 3.8) is 0 Å². The number of nitrogens with one attached hydrogen (secondary N) is 1. The first kappa shape index (κ1) is 19.0. The van der Waals surface area contributed by atoms with E-state index in [1.807, 2.05) is 0 Å². The first-order valence-corrected chi connectivity index (χ1v) is 9.35. The van der Waals surface area contributed by atoms with Gasteiger partial charge in [-0.3, -0.25) is 4.90 Å². The van der Waals surface area contributed by atoms with Crippen LogP contribution in [0.1, 0.15) is 80.1 Å². The number of hydrogen-bond donors (Lipinski definition) is 1. The predicted octanol–water partition coefficient (Wildman–Crippen LogP) is 4.69. The summed E-state index contributed by atoms with van der Waals surface area (Å²) in [5.41, 5.74) is 0.461. The molecule has 1 rings (SSSR count). The van der Waals surface area contributed by atoms with Crippen molar-refractivity contribution >= 4 is 0 Å². The highest BCUT2D eigenvalue weighted by atomic mass is 15.2. The molecule has 0 aromatic rings. The van der Waals surface area contributed by atoms with Gasteiger partial charge in [0.15, 0.2) is 0 Å². The van der Waals surface area contributed by atoms with Crippen molar-refractivity contribution in [3.05, 3.63) is 0 Å². The summed E-state index contributed by atoms with van der Waals surface area (Å²) in [6.07, 6.45) is 8.06. The molecule has 0 amide bonds. The second-order valence-electron chi connectivity index (χ2n) is 8.35. The van der Waals surface area contributed by atoms with Crippen LogP contribution in [0.25, 0.3) is 0 Å². The molecule has 126 valence electrons. The van der Waals surface area contributed by atoms with Gasteiger partial charge in [-0.05, 0) is 30.6 Å². The van der Waals surface area contributed by atoms with Crippen molar-refractivity contribution in [3.8, 4) is 0 Å². The number of nitrogens with zero attached hydrogens (tertiary/aromatic N) is 1. The molecule has 1 N–H and O–H groups in total. The lowest BCUT2D eigenvalue weighted by Crippen LogP contribution is -2.58. The van der Waals surface area contributed by atoms with Crippen molar-refractivity contribution in [1.29, 1.82) is 0 Å². The quantitative estimate of drug-likeness (QED) is 0.621. The smallest absolute Gasteiger partial charge is 0.0219 e. The Balaban J connectivity index is 2.54. The van der Waals surface area contributed by atoms with Gasteiger partial charge in [0.05, 0.1) is 0 Å². The molecule has 21 heavy (non-hydrogen) atoms. The van der Waals surface area contributed by atoms with Crippen molar-refractivity contribution in [1.82, 2.24) is 10.2 Å². The van der Waals surface area contributed by atoms with Crippen LogP contribution in [0.2, 0.25) is 0 Å². The zero-order chi connectivity index (χ0) is 15.9. The zero-order valence-electron chi connectivity index (χ0n) is 15.5. The molecule has 0 radical (unpaired) electrons. The Kier molecular flexibility index (Phi) is 8.26. The second-order valence-corrected chi connectivity index (χ2v) is 8.35. The van der Waals surface area contributed by atoms with E-state index < -0.39 is 0 Å². The van der Waals surface area contributed by atoms with Crippen LogP contribution in [0.15, 0.2) is 0 Å². The highest BCUT2D eigenvalue weighted by molar-refractivity contribution is 4.88. The van der Waals surface area contributed by atoms with Gasteiger partial charge in [0.2, 0.25) is 0 Å². The third-order valence-corrected chi connectivity index (χ3v) is 4.93. The maximum absolute atomic E-state index is 3.78. The summed E-state index contributed by atoms with van der Waals surface area (Å²) < 4.78 is 0. The molecule has 2 unspecified atom stereocenters. The molecule has 1 fully saturated rings. The minimum Gasteiger partial charge on any atom is -0.311 e. The Morgan fingerprint density at radius 2 is 1.90 bits per heavy atom. The summed E-state index contributed by atoms with van der Waals surface area (Å²) in [7, 11) is 0. The third kappa shape index (κ3) is 7.15. The lowest BCUT2D eigenvalue weighted by Gasteiger charge is -2.44. The van der Waals surface area contributed by atoms with E-state index in [1.165, 1.54) is 58.2 Å². The standard InChI is InChI=1S/C19H40N2/c1-7-9-10-11-19(5,6)15-21-14-17(12-16(3)4)20-13-18(21)8-2/h16-18,20H,7-15H2,1-6H3. The molecular formula is C19H40N2. The largest absolute Gasteiger partial charge is 0.311 e. The number of hydrogen-bond acceptors (Lipinski definition) is 2. The Morgan fingerprint density at radius 3 is 2.48 bits per heavy atom. The Bertz CT molecular complexity index is 273. The van der Waals surface area contributed by atoms with E-state index in [9.17, 15) is 0 Å². The first-order valence-electron chi connectivity index (χ1n) is 9.35. The highest BCUT2D eigenvalue weighted by Gasteiger charge is 2.31. The first-order chi connectivity index (χ1) is 9.88. The average molecular weight is 297 g/mol. The molecule has 2 nitrogen and oxygen atoms in total. The van der Waals surface area contributed by atoms with Gasteiger partial charge in [-0.2, -0.15) is 0 Å². The fourth-order valence-corrected chi connectivity index (χ4v) is 3.73. The van der Waals surface area contributed by atoms with E-state index in [4.69, 9.17) is 0 Å². The summed E-state index contributed by atoms with van der Waals surface area (Å²) >= 11 is 0. The van der Waals surface area contributed by atoms with Crippen LogP contribution in [-0.4, -0.2) is 36.6 Å². The maximum atomic E-state index is 3.78. The molecule has 0 spiro atoms. The number of rotatable bonds is 9. The van der Waals surface area contributed by atoms with Gasteiger partial charge >= 0.3 is 0 Å². The fraction of sp³-hybridized carbons (Fsp3) is 1.00. The van der Waals surface area contributed by atoms with E-state index in [0.717, 1.165) is 12.0 Å². The van der Waals surface area contributed by atoms with Crippen LogP contribution in [0.3, 0.4) is 0 Å². The van der Waals surface area contributed by atoms with Crippen LogP contribution >= 0.6 is 0 Å². The van der Waals surface area contributed by atoms with Gasteiger partial charge in [-0.15, -0.1) is 0 Å². The van der Waals surface area contributed by atoms with Crippen LogP contribution in [0, 0.1) is 11.3 Å². The van der Waals surface area contributed by atoms with Gasteiger partial charge in [0, 0.05) is 31.7 Å². The average Bonchev–Trinajstić information content (AvgIpc) is 2.38. The van der Waals surface area contributed by atoms with Crippen LogP contribution in [-0.2, 0) is 0 Å². The lowest BCUT2D eigenvalue weighted by molar-refractivity contribution is 0.0724. The van der Waals surface area contributed by atoms with E-state index in [1.54, 1.807) is 0 Å². The van der Waals surface area contributed by atoms with Crippen molar-refractivity contribution in [2.75, 3.05) is 19.6 Å². The van der Waals surface area contributed by atoms with Crippen molar-refractivity contribution in [2.45, 2.75) is 92.2 Å². The zero-order valence-corrected chi connectivity index (χ0v) is 15.5. The van der Waals surface area contributed by atoms with Crippen molar-refractivity contribution in [2.24, 2.45) is 11.3 Å². The lowest BCUT2D eigenvalue weighted by atomic mass is 9.85. The molecule has 1 aliphatic rings. The van der Waals surface area contributed by atoms with Gasteiger partial charge in [0.25, 0.3) is 0 Å². The normalized spacial score (nSPS) is 24.7. The molecule has 0 bridgehead atoms. The van der Waals surface area contributed by atoms with E-state index in [0.29, 0.717) is 11.5 Å². The summed E-state index contributed by atoms with van der Waals surface area (Å²) in [6, 6.07) is 1.43. The number of piperazine rings is 1. The van der Waals surface area contributed by atoms with Crippen LogP contribution in [0.4, 0.5) is 0 Å². The summed E-state index contributed by atoms with van der Waals surface area (Å²) in [5, 5.41) is 3.78. The van der Waals surface area contributed by atoms with Gasteiger partial charge in [-0.25, -0.2) is 0 Å². The monoisotopic (exact) mass is 296 g/mol. The Labute approximate surface area is 134 Å². The number of unbranched alkanes of at least 4 members (excludes halogenated alkanes) is 2. The molecular weight excluding hydrogens is 256 g/mol. The minimum atomic E-state index is 0.461. The SMILES string of the molecule is CCCCCC(C)(C)CN1CC(CC(C)C)NCC1CC. The Hall–Kier alpha value is -0.0800. The molecule has 0 saturated carbocycles. The highest BCUT2D eigenvalue weighted by Crippen LogP contribution is 2.27. The van der Waals surface area contributed by atoms with Crippen molar-refractivity contribution < 1.29 is 0 Å². The van der Waals surface area contributed by atoms with Crippen LogP contribution < -0.4 is 5.32 Å². The van der Waals surface area contributed by atoms with Gasteiger partial charge in [-0.1, -0.05) is 60.8 Å². The van der Waals surface area contributed by atoms with E-state index >= 15 is 0 Å². The summed E-state index contributed by atoms with van der Waals surface area (Å²) in [5.74, 6) is 0.792. The topological polar surface area (TPSA) is 15.3 Å². The fourth-order valence-electron chi connectivity index (χ4n) is 3.73. The molecule has 0 aliphatic carbocycles. The summed E-state index contributed by atoms with van der Waals surface area (Å²) in [6.45, 7) is 17.9. The molecule has 0 aromatic heterocycles. The Morgan fingerprint density at radius 1 is 1.19 bits per heavy atom. The second kappa shape index (κ2) is 9.15. The predicted molar refractivity (Wildman–Crippen MR) is 94.8 cm³/mol. The molecule has 2 heteroatoms. The molecule has 1 aliphatic heterocycles. The third-order valence-electron chi connectivity index (χ3n) is 4.93. The molecule has 2 atom stereocenters. The molecule has 1 saturated heterocycles. The maximum Gasteiger partial charge on any atom is 0.0219 e. The summed E-state index contributed by atoms with van der Waals surface area (Å²) in [4.78, 5) is 2.79. The molecule has 1 heterocycles. The van der Waals surface area contributed by atoms with Gasteiger partial charge in [0.1, 0.15) is 0 Å². The van der Waals surface area contributed by atoms with Gasteiger partial charge < -0.3 is 5.32 Å². The minimum absolute atomic E-state index is 0.461. The molecule has 0 aromatic carbocycles. The van der Waals surface area contributed by atoms with E-state index in [-0.39, 0.29) is 0 Å². The van der Waals surface area contributed by atoms with Crippen LogP contribution in [0.5, 0.6) is 0 Å².